The minimum atomic E-state index is 0.105. The maximum absolute atomic E-state index is 5.80. The first-order chi connectivity index (χ1) is 10.7. The molecule has 22 heavy (non-hydrogen) atoms. The number of rotatable bonds is 5. The quantitative estimate of drug-likeness (QED) is 0.599. The van der Waals surface area contributed by atoms with Crippen LogP contribution in [0, 0.1) is 0 Å². The topological polar surface area (TPSA) is 116 Å². The number of nitrogens with one attached hydrogen (secondary N) is 1. The van der Waals surface area contributed by atoms with Crippen LogP contribution in [0.15, 0.2) is 36.5 Å². The van der Waals surface area contributed by atoms with Gasteiger partial charge in [-0.1, -0.05) is 30.3 Å². The van der Waals surface area contributed by atoms with Crippen LogP contribution >= 0.6 is 0 Å². The van der Waals surface area contributed by atoms with Gasteiger partial charge in [0, 0.05) is 6.54 Å². The molecule has 5 N–H and O–H groups in total. The number of nitrogen functional groups attached to an aromatic ring is 2. The molecule has 0 saturated heterocycles. The lowest BCUT2D eigenvalue weighted by Gasteiger charge is -2.06. The van der Waals surface area contributed by atoms with E-state index in [0.29, 0.717) is 17.7 Å². The Labute approximate surface area is 127 Å². The summed E-state index contributed by atoms with van der Waals surface area (Å²) in [5.41, 5.74) is 14.3. The smallest absolute Gasteiger partial charge is 0.224 e. The molecule has 0 radical (unpaired) electrons. The zero-order chi connectivity index (χ0) is 15.4. The van der Waals surface area contributed by atoms with Crippen molar-refractivity contribution in [1.29, 1.82) is 0 Å². The maximum Gasteiger partial charge on any atom is 0.224 e. The highest BCUT2D eigenvalue weighted by Gasteiger charge is 2.07. The molecular weight excluding hydrogens is 278 g/mol. The molecule has 0 fully saturated rings. The number of nitrogens with two attached hydrogens (primary N) is 2. The average Bonchev–Trinajstić information content (AvgIpc) is 2.53. The van der Waals surface area contributed by atoms with Crippen molar-refractivity contribution in [3.05, 3.63) is 47.8 Å². The van der Waals surface area contributed by atoms with Crippen molar-refractivity contribution in [1.82, 2.24) is 25.3 Å². The number of benzene rings is 1. The molecule has 0 aliphatic carbocycles. The van der Waals surface area contributed by atoms with Crippen LogP contribution in [0.25, 0.3) is 11.2 Å². The van der Waals surface area contributed by atoms with Gasteiger partial charge in [0.05, 0.1) is 11.9 Å². The third-order valence-corrected chi connectivity index (χ3v) is 3.24. The van der Waals surface area contributed by atoms with Gasteiger partial charge in [0.2, 0.25) is 5.95 Å². The van der Waals surface area contributed by atoms with E-state index in [9.17, 15) is 0 Å². The normalized spacial score (nSPS) is 10.9. The van der Waals surface area contributed by atoms with Gasteiger partial charge in [-0.15, -0.1) is 0 Å². The maximum atomic E-state index is 5.80. The van der Waals surface area contributed by atoms with Gasteiger partial charge in [-0.3, -0.25) is 0 Å². The molecule has 0 saturated carbocycles. The lowest BCUT2D eigenvalue weighted by molar-refractivity contribution is 0.674. The molecule has 3 aromatic rings. The lowest BCUT2D eigenvalue weighted by Crippen LogP contribution is -2.18. The minimum Gasteiger partial charge on any atom is -0.382 e. The van der Waals surface area contributed by atoms with Crippen LogP contribution in [0.5, 0.6) is 0 Å². The molecule has 0 bridgehead atoms. The van der Waals surface area contributed by atoms with E-state index >= 15 is 0 Å². The Morgan fingerprint density at radius 2 is 1.82 bits per heavy atom. The number of aromatic nitrogens is 4. The van der Waals surface area contributed by atoms with E-state index < -0.39 is 0 Å². The van der Waals surface area contributed by atoms with E-state index in [0.717, 1.165) is 18.7 Å². The first kappa shape index (κ1) is 14.2. The third kappa shape index (κ3) is 3.26. The molecule has 2 heterocycles. The first-order valence-corrected chi connectivity index (χ1v) is 7.01. The second-order valence-electron chi connectivity index (χ2n) is 4.91. The summed E-state index contributed by atoms with van der Waals surface area (Å²) in [5, 5.41) is 3.34. The molecule has 0 spiro atoms. The Hall–Kier alpha value is -2.80. The molecule has 0 aliphatic heterocycles. The molecule has 0 unspecified atom stereocenters. The highest BCUT2D eigenvalue weighted by Crippen LogP contribution is 2.14. The van der Waals surface area contributed by atoms with Gasteiger partial charge in [-0.2, -0.15) is 9.97 Å². The van der Waals surface area contributed by atoms with Crippen molar-refractivity contribution in [2.24, 2.45) is 0 Å². The number of hydrogen-bond donors (Lipinski definition) is 3. The van der Waals surface area contributed by atoms with E-state index in [-0.39, 0.29) is 11.8 Å². The fourth-order valence-electron chi connectivity index (χ4n) is 2.16. The molecule has 112 valence electrons. The van der Waals surface area contributed by atoms with Crippen LogP contribution in [-0.2, 0) is 13.0 Å². The zero-order valence-corrected chi connectivity index (χ0v) is 12.0. The summed E-state index contributed by atoms with van der Waals surface area (Å²) in [5.74, 6) is 0.356. The Morgan fingerprint density at radius 1 is 1.00 bits per heavy atom. The van der Waals surface area contributed by atoms with Crippen molar-refractivity contribution in [2.45, 2.75) is 13.0 Å². The summed E-state index contributed by atoms with van der Waals surface area (Å²) < 4.78 is 0. The highest BCUT2D eigenvalue weighted by atomic mass is 15.1. The van der Waals surface area contributed by atoms with Gasteiger partial charge >= 0.3 is 0 Å². The highest BCUT2D eigenvalue weighted by molar-refractivity contribution is 5.81. The molecule has 0 amide bonds. The molecule has 7 nitrogen and oxygen atoms in total. The second kappa shape index (κ2) is 6.31. The summed E-state index contributed by atoms with van der Waals surface area (Å²) in [4.78, 5) is 16.6. The van der Waals surface area contributed by atoms with Gasteiger partial charge < -0.3 is 16.8 Å². The van der Waals surface area contributed by atoms with Crippen molar-refractivity contribution in [3.8, 4) is 0 Å². The van der Waals surface area contributed by atoms with E-state index in [2.05, 4.69) is 37.4 Å². The fourth-order valence-corrected chi connectivity index (χ4v) is 2.16. The van der Waals surface area contributed by atoms with Crippen molar-refractivity contribution < 1.29 is 0 Å². The standard InChI is InChI=1S/C15H17N7/c16-13-12-14(22-15(17)21-13)19-9-11(20-12)8-18-7-6-10-4-2-1-3-5-10/h1-5,9,18H,6-8H2,(H4,16,17,19,21,22). The zero-order valence-electron chi connectivity index (χ0n) is 12.0. The number of nitrogens with zero attached hydrogens (tertiary/aromatic N) is 4. The minimum absolute atomic E-state index is 0.105. The van der Waals surface area contributed by atoms with Gasteiger partial charge in [-0.25, -0.2) is 9.97 Å². The van der Waals surface area contributed by atoms with Crippen LogP contribution < -0.4 is 16.8 Å². The van der Waals surface area contributed by atoms with Crippen LogP contribution in [0.2, 0.25) is 0 Å². The van der Waals surface area contributed by atoms with Crippen LogP contribution in [0.4, 0.5) is 11.8 Å². The fraction of sp³-hybridized carbons (Fsp3) is 0.200. The lowest BCUT2D eigenvalue weighted by atomic mass is 10.1. The van der Waals surface area contributed by atoms with Crippen LogP contribution in [0.3, 0.4) is 0 Å². The molecule has 2 aromatic heterocycles. The summed E-state index contributed by atoms with van der Waals surface area (Å²) in [6, 6.07) is 10.3. The summed E-state index contributed by atoms with van der Waals surface area (Å²) in [7, 11) is 0. The summed E-state index contributed by atoms with van der Waals surface area (Å²) in [6.07, 6.45) is 2.63. The SMILES string of the molecule is Nc1nc(N)c2nc(CNCCc3ccccc3)cnc2n1. The Morgan fingerprint density at radius 3 is 2.64 bits per heavy atom. The van der Waals surface area contributed by atoms with E-state index in [4.69, 9.17) is 11.5 Å². The Balaban J connectivity index is 1.62. The van der Waals surface area contributed by atoms with Crippen molar-refractivity contribution in [2.75, 3.05) is 18.0 Å². The molecule has 7 heteroatoms. The molecule has 3 rings (SSSR count). The Bertz CT molecular complexity index is 773. The van der Waals surface area contributed by atoms with Gasteiger partial charge in [0.1, 0.15) is 0 Å². The molecular formula is C15H17N7. The van der Waals surface area contributed by atoms with Gasteiger partial charge in [0.25, 0.3) is 0 Å². The first-order valence-electron chi connectivity index (χ1n) is 7.01. The largest absolute Gasteiger partial charge is 0.382 e. The molecule has 1 aromatic carbocycles. The van der Waals surface area contributed by atoms with Gasteiger partial charge in [0.15, 0.2) is 17.0 Å². The van der Waals surface area contributed by atoms with Crippen molar-refractivity contribution >= 4 is 22.9 Å². The van der Waals surface area contributed by atoms with E-state index in [1.165, 1.54) is 5.56 Å². The number of hydrogen-bond acceptors (Lipinski definition) is 7. The van der Waals surface area contributed by atoms with Crippen LogP contribution in [-0.4, -0.2) is 26.5 Å². The van der Waals surface area contributed by atoms with Gasteiger partial charge in [-0.05, 0) is 18.5 Å². The molecule has 0 atom stereocenters. The van der Waals surface area contributed by atoms with E-state index in [1.807, 2.05) is 18.2 Å². The predicted molar refractivity (Wildman–Crippen MR) is 85.8 cm³/mol. The number of fused-ring (bicyclic) bond motifs is 1. The molecule has 0 aliphatic rings. The Kier molecular flexibility index (Phi) is 4.06. The summed E-state index contributed by atoms with van der Waals surface area (Å²) >= 11 is 0. The van der Waals surface area contributed by atoms with E-state index in [1.54, 1.807) is 6.20 Å². The average molecular weight is 295 g/mol. The van der Waals surface area contributed by atoms with Crippen molar-refractivity contribution in [3.63, 3.8) is 0 Å². The second-order valence-corrected chi connectivity index (χ2v) is 4.91. The monoisotopic (exact) mass is 295 g/mol. The predicted octanol–water partition coefficient (Wildman–Crippen LogP) is 0.916. The summed E-state index contributed by atoms with van der Waals surface area (Å²) in [6.45, 7) is 1.47. The third-order valence-electron chi connectivity index (χ3n) is 3.24. The van der Waals surface area contributed by atoms with Crippen LogP contribution in [0.1, 0.15) is 11.3 Å². The number of anilines is 2.